The van der Waals surface area contributed by atoms with Crippen molar-refractivity contribution in [2.24, 2.45) is 23.7 Å². The quantitative estimate of drug-likeness (QED) is 0.0818. The molecule has 0 aromatic heterocycles. The average molecular weight is 817 g/mol. The van der Waals surface area contributed by atoms with Crippen LogP contribution in [0.15, 0.2) is 97.1 Å². The van der Waals surface area contributed by atoms with Crippen molar-refractivity contribution in [2.75, 3.05) is 44.2 Å². The number of para-hydroxylation sites is 8. The number of nitrogens with two attached hydrogens (primary N) is 4. The first-order chi connectivity index (χ1) is 29.0. The SMILES string of the molecule is C[C@@H]1CCC[C@@H](Nc2ccccc2N)C1.C[C@@H]1CCC[C@H](Nc2ccccc2N)C1.C[C@H]1CCC[C@@H](Nc2ccccc2N)C1.C[C@H]1CCC[C@H](Nc2ccccc2N)C1. The summed E-state index contributed by atoms with van der Waals surface area (Å²) in [6, 6.07) is 34.5. The van der Waals surface area contributed by atoms with Crippen LogP contribution in [0.2, 0.25) is 0 Å². The van der Waals surface area contributed by atoms with Crippen LogP contribution >= 0.6 is 0 Å². The molecule has 8 atom stereocenters. The van der Waals surface area contributed by atoms with Crippen LogP contribution in [0.1, 0.15) is 130 Å². The van der Waals surface area contributed by atoms with Crippen molar-refractivity contribution in [1.29, 1.82) is 0 Å². The third-order valence-corrected chi connectivity index (χ3v) is 13.0. The van der Waals surface area contributed by atoms with Gasteiger partial charge in [-0.25, -0.2) is 0 Å². The third kappa shape index (κ3) is 16.0. The molecule has 4 saturated carbocycles. The number of nitrogens with one attached hydrogen (secondary N) is 4. The van der Waals surface area contributed by atoms with Gasteiger partial charge in [0.2, 0.25) is 0 Å². The summed E-state index contributed by atoms with van der Waals surface area (Å²) < 4.78 is 0. The molecule has 4 aromatic rings. The lowest BCUT2D eigenvalue weighted by Gasteiger charge is -2.28. The summed E-state index contributed by atoms with van der Waals surface area (Å²) in [7, 11) is 0. The second kappa shape index (κ2) is 24.5. The zero-order chi connectivity index (χ0) is 42.7. The summed E-state index contributed by atoms with van der Waals surface area (Å²) >= 11 is 0. The fourth-order valence-corrected chi connectivity index (χ4v) is 9.65. The Hall–Kier alpha value is -4.72. The van der Waals surface area contributed by atoms with Crippen LogP contribution < -0.4 is 44.2 Å². The largest absolute Gasteiger partial charge is 0.397 e. The molecular weight excluding hydrogens is 737 g/mol. The summed E-state index contributed by atoms with van der Waals surface area (Å²) in [6.07, 6.45) is 21.1. The molecule has 60 heavy (non-hydrogen) atoms. The number of benzene rings is 4. The Morgan fingerprint density at radius 2 is 0.517 bits per heavy atom. The monoisotopic (exact) mass is 817 g/mol. The standard InChI is InChI=1S/4C13H20N2/c4*1-10-5-4-6-11(9-10)15-13-8-3-2-7-12(13)14/h4*2-3,7-8,10-11,15H,4-6,9,14H2,1H3/t2*10-,11+;2*10-,11-/m1010/s1. The molecule has 8 heteroatoms. The maximum absolute atomic E-state index is 5.91. The first-order valence-corrected chi connectivity index (χ1v) is 23.5. The highest BCUT2D eigenvalue weighted by molar-refractivity contribution is 5.68. The van der Waals surface area contributed by atoms with Gasteiger partial charge in [0.25, 0.3) is 0 Å². The van der Waals surface area contributed by atoms with Crippen LogP contribution in [0.5, 0.6) is 0 Å². The Labute approximate surface area is 363 Å². The molecule has 328 valence electrons. The fraction of sp³-hybridized carbons (Fsp3) is 0.538. The van der Waals surface area contributed by atoms with E-state index in [9.17, 15) is 0 Å². The van der Waals surface area contributed by atoms with E-state index in [2.05, 4.69) is 73.2 Å². The van der Waals surface area contributed by atoms with E-state index in [4.69, 9.17) is 22.9 Å². The molecule has 0 heterocycles. The molecule has 0 spiro atoms. The number of rotatable bonds is 8. The lowest BCUT2D eigenvalue weighted by molar-refractivity contribution is 0.358. The van der Waals surface area contributed by atoms with E-state index in [1.807, 2.05) is 72.8 Å². The molecule has 0 amide bonds. The maximum Gasteiger partial charge on any atom is 0.0576 e. The van der Waals surface area contributed by atoms with Gasteiger partial charge in [-0.05, 0) is 124 Å². The molecule has 0 unspecified atom stereocenters. The van der Waals surface area contributed by atoms with Gasteiger partial charge in [-0.3, -0.25) is 0 Å². The lowest BCUT2D eigenvalue weighted by Crippen LogP contribution is -2.26. The highest BCUT2D eigenvalue weighted by atomic mass is 15.0. The van der Waals surface area contributed by atoms with Gasteiger partial charge in [0.1, 0.15) is 0 Å². The minimum atomic E-state index is 0.610. The molecule has 0 saturated heterocycles. The molecule has 8 rings (SSSR count). The lowest BCUT2D eigenvalue weighted by atomic mass is 9.87. The maximum atomic E-state index is 5.91. The van der Waals surface area contributed by atoms with Gasteiger partial charge in [0, 0.05) is 24.2 Å². The van der Waals surface area contributed by atoms with E-state index in [0.717, 1.165) is 69.2 Å². The van der Waals surface area contributed by atoms with Crippen LogP contribution in [-0.2, 0) is 0 Å². The van der Waals surface area contributed by atoms with Gasteiger partial charge >= 0.3 is 0 Å². The van der Waals surface area contributed by atoms with Crippen LogP contribution in [0.4, 0.5) is 45.5 Å². The number of nitrogen functional groups attached to an aromatic ring is 4. The molecule has 0 radical (unpaired) electrons. The van der Waals surface area contributed by atoms with Gasteiger partial charge in [0.15, 0.2) is 0 Å². The van der Waals surface area contributed by atoms with Crippen molar-refractivity contribution < 1.29 is 0 Å². The van der Waals surface area contributed by atoms with Crippen LogP contribution in [0, 0.1) is 23.7 Å². The highest BCUT2D eigenvalue weighted by Crippen LogP contribution is 2.31. The van der Waals surface area contributed by atoms with Gasteiger partial charge in [0.05, 0.1) is 45.5 Å². The predicted molar refractivity (Wildman–Crippen MR) is 264 cm³/mol. The number of anilines is 8. The Bertz CT molecular complexity index is 1550. The Kier molecular flexibility index (Phi) is 18.9. The summed E-state index contributed by atoms with van der Waals surface area (Å²) in [5.41, 5.74) is 31.4. The van der Waals surface area contributed by atoms with E-state index >= 15 is 0 Å². The van der Waals surface area contributed by atoms with Crippen molar-refractivity contribution >= 4 is 45.5 Å². The van der Waals surface area contributed by atoms with Gasteiger partial charge in [-0.2, -0.15) is 0 Å². The summed E-state index contributed by atoms with van der Waals surface area (Å²) in [6.45, 7) is 9.34. The third-order valence-electron chi connectivity index (χ3n) is 13.0. The van der Waals surface area contributed by atoms with Crippen LogP contribution in [-0.4, -0.2) is 24.2 Å². The van der Waals surface area contributed by atoms with Crippen LogP contribution in [0.25, 0.3) is 0 Å². The van der Waals surface area contributed by atoms with Crippen LogP contribution in [0.3, 0.4) is 0 Å². The van der Waals surface area contributed by atoms with Crippen molar-refractivity contribution in [3.8, 4) is 0 Å². The van der Waals surface area contributed by atoms with Gasteiger partial charge in [-0.15, -0.1) is 0 Å². The topological polar surface area (TPSA) is 152 Å². The Morgan fingerprint density at radius 1 is 0.317 bits per heavy atom. The molecule has 12 N–H and O–H groups in total. The second-order valence-electron chi connectivity index (χ2n) is 18.8. The smallest absolute Gasteiger partial charge is 0.0576 e. The normalized spacial score (nSPS) is 26.2. The average Bonchev–Trinajstić information content (AvgIpc) is 3.22. The van der Waals surface area contributed by atoms with Gasteiger partial charge in [-0.1, -0.05) is 128 Å². The highest BCUT2D eigenvalue weighted by Gasteiger charge is 2.22. The molecule has 8 nitrogen and oxygen atoms in total. The number of hydrogen-bond acceptors (Lipinski definition) is 8. The molecule has 0 aliphatic heterocycles. The summed E-state index contributed by atoms with van der Waals surface area (Å²) in [5.74, 6) is 3.39. The van der Waals surface area contributed by atoms with E-state index in [0.29, 0.717) is 24.2 Å². The molecule has 4 fully saturated rings. The molecule has 0 bridgehead atoms. The minimum absolute atomic E-state index is 0.610. The van der Waals surface area contributed by atoms with Gasteiger partial charge < -0.3 is 44.2 Å². The zero-order valence-electron chi connectivity index (χ0n) is 37.5. The number of hydrogen-bond donors (Lipinski definition) is 8. The Balaban J connectivity index is 0.000000152. The van der Waals surface area contributed by atoms with E-state index in [-0.39, 0.29) is 0 Å². The summed E-state index contributed by atoms with van der Waals surface area (Å²) in [5, 5.41) is 14.2. The van der Waals surface area contributed by atoms with E-state index < -0.39 is 0 Å². The zero-order valence-corrected chi connectivity index (χ0v) is 37.5. The minimum Gasteiger partial charge on any atom is -0.397 e. The molecule has 4 aliphatic rings. The van der Waals surface area contributed by atoms with Crippen molar-refractivity contribution in [3.63, 3.8) is 0 Å². The molecule has 4 aliphatic carbocycles. The Morgan fingerprint density at radius 3 is 0.700 bits per heavy atom. The fourth-order valence-electron chi connectivity index (χ4n) is 9.65. The second-order valence-corrected chi connectivity index (χ2v) is 18.8. The first-order valence-electron chi connectivity index (χ1n) is 23.5. The van der Waals surface area contributed by atoms with Crippen molar-refractivity contribution in [3.05, 3.63) is 97.1 Å². The van der Waals surface area contributed by atoms with E-state index in [1.54, 1.807) is 0 Å². The van der Waals surface area contributed by atoms with Crippen molar-refractivity contribution in [2.45, 2.75) is 155 Å². The first kappa shape index (κ1) is 46.3. The molecule has 4 aromatic carbocycles. The van der Waals surface area contributed by atoms with Crippen molar-refractivity contribution in [1.82, 2.24) is 0 Å². The molecular formula is C52H80N8. The summed E-state index contributed by atoms with van der Waals surface area (Å²) in [4.78, 5) is 0. The predicted octanol–water partition coefficient (Wildman–Crippen LogP) is 13.0. The van der Waals surface area contributed by atoms with E-state index in [1.165, 1.54) is 103 Å².